The smallest absolute Gasteiger partial charge is 0.424 e. The highest BCUT2D eigenvalue weighted by Crippen LogP contribution is 2.31. The Morgan fingerprint density at radius 2 is 1.82 bits per heavy atom. The number of benzene rings is 1. The van der Waals surface area contributed by atoms with Crippen molar-refractivity contribution in [2.45, 2.75) is 36.8 Å². The molecule has 2 rings (SSSR count). The van der Waals surface area contributed by atoms with Gasteiger partial charge in [-0.1, -0.05) is 17.7 Å². The second kappa shape index (κ2) is 8.91. The van der Waals surface area contributed by atoms with Gasteiger partial charge in [0.2, 0.25) is 0 Å². The lowest BCUT2D eigenvalue weighted by Gasteiger charge is -2.23. The number of nitrogens with one attached hydrogen (secondary N) is 1. The number of cyclic esters (lactones) is 1. The van der Waals surface area contributed by atoms with Crippen LogP contribution in [-0.2, 0) is 29.0 Å². The molecule has 1 aromatic rings. The maximum absolute atomic E-state index is 13.0. The summed E-state index contributed by atoms with van der Waals surface area (Å²) in [4.78, 5) is 35.2. The van der Waals surface area contributed by atoms with Crippen LogP contribution < -0.4 is 5.32 Å². The molecule has 0 unspecified atom stereocenters. The van der Waals surface area contributed by atoms with Crippen LogP contribution in [-0.4, -0.2) is 63.8 Å². The van der Waals surface area contributed by atoms with E-state index >= 15 is 0 Å². The van der Waals surface area contributed by atoms with Crippen LogP contribution in [0.25, 0.3) is 0 Å². The zero-order valence-corrected chi connectivity index (χ0v) is 16.5. The number of amides is 2. The van der Waals surface area contributed by atoms with Crippen LogP contribution in [0.5, 0.6) is 0 Å². The Labute approximate surface area is 162 Å². The first-order valence-corrected chi connectivity index (χ1v) is 9.85. The fraction of sp³-hybridized carbons (Fsp3) is 0.471. The number of carbonyl (C=O) groups is 3. The Hall–Kier alpha value is -2.82. The Morgan fingerprint density at radius 3 is 2.39 bits per heavy atom. The lowest BCUT2D eigenvalue weighted by Crippen LogP contribution is -2.43. The minimum Gasteiger partial charge on any atom is -0.469 e. The predicted octanol–water partition coefficient (Wildman–Crippen LogP) is 1.18. The number of carbonyl (C=O) groups excluding carboxylic acids is 3. The summed E-state index contributed by atoms with van der Waals surface area (Å²) in [5.74, 6) is -0.696. The second-order valence-electron chi connectivity index (χ2n) is 6.09. The summed E-state index contributed by atoms with van der Waals surface area (Å²) in [5.41, 5.74) is 0.848. The van der Waals surface area contributed by atoms with Crippen molar-refractivity contribution in [1.29, 1.82) is 0 Å². The maximum Gasteiger partial charge on any atom is 0.424 e. The lowest BCUT2D eigenvalue weighted by molar-refractivity contribution is -0.141. The molecule has 0 aromatic heterocycles. The molecule has 11 heteroatoms. The molecule has 1 N–H and O–H groups in total. The number of ether oxygens (including phenoxy) is 3. The summed E-state index contributed by atoms with van der Waals surface area (Å²) in [5, 5.41) is 2.42. The summed E-state index contributed by atoms with van der Waals surface area (Å²) in [7, 11) is -1.89. The third-order valence-electron chi connectivity index (χ3n) is 4.23. The highest BCUT2D eigenvalue weighted by atomic mass is 32.2. The second-order valence-corrected chi connectivity index (χ2v) is 7.91. The van der Waals surface area contributed by atoms with Crippen LogP contribution in [0.1, 0.15) is 18.4 Å². The Balaban J connectivity index is 2.29. The van der Waals surface area contributed by atoms with Gasteiger partial charge in [-0.05, 0) is 19.1 Å². The summed E-state index contributed by atoms with van der Waals surface area (Å²) in [6, 6.07) is 4.84. The molecule has 1 aromatic carbocycles. The number of nitrogens with zero attached hydrogens (tertiary/aromatic N) is 1. The van der Waals surface area contributed by atoms with Crippen LogP contribution in [0.4, 0.5) is 9.59 Å². The first-order valence-electron chi connectivity index (χ1n) is 8.41. The fourth-order valence-electron chi connectivity index (χ4n) is 2.75. The molecule has 2 amide bonds. The van der Waals surface area contributed by atoms with Gasteiger partial charge in [-0.15, -0.1) is 0 Å². The number of esters is 1. The van der Waals surface area contributed by atoms with E-state index in [9.17, 15) is 22.8 Å². The molecule has 10 nitrogen and oxygen atoms in total. The number of alkyl carbamates (subject to hydrolysis) is 1. The molecule has 1 aliphatic heterocycles. The Morgan fingerprint density at radius 1 is 1.18 bits per heavy atom. The molecular formula is C17H22N2O8S. The number of sulfonamides is 1. The zero-order valence-electron chi connectivity index (χ0n) is 15.7. The van der Waals surface area contributed by atoms with Crippen LogP contribution >= 0.6 is 0 Å². The minimum atomic E-state index is -4.25. The highest BCUT2D eigenvalue weighted by Gasteiger charge is 2.49. The van der Waals surface area contributed by atoms with Gasteiger partial charge in [0, 0.05) is 13.0 Å². The van der Waals surface area contributed by atoms with E-state index in [0.29, 0.717) is 4.31 Å². The highest BCUT2D eigenvalue weighted by molar-refractivity contribution is 7.89. The molecule has 1 saturated heterocycles. The molecule has 0 saturated carbocycles. The van der Waals surface area contributed by atoms with Crippen LogP contribution in [0, 0.1) is 6.92 Å². The van der Waals surface area contributed by atoms with E-state index in [1.807, 2.05) is 0 Å². The van der Waals surface area contributed by atoms with Gasteiger partial charge in [0.05, 0.1) is 31.6 Å². The molecule has 0 radical (unpaired) electrons. The van der Waals surface area contributed by atoms with Crippen molar-refractivity contribution < 1.29 is 37.0 Å². The third-order valence-corrected chi connectivity index (χ3v) is 6.03. The largest absolute Gasteiger partial charge is 0.469 e. The van der Waals surface area contributed by atoms with E-state index in [1.165, 1.54) is 19.2 Å². The monoisotopic (exact) mass is 414 g/mol. The molecule has 0 bridgehead atoms. The predicted molar refractivity (Wildman–Crippen MR) is 95.9 cm³/mol. The average Bonchev–Trinajstić information content (AvgIpc) is 2.97. The Bertz CT molecular complexity index is 837. The quantitative estimate of drug-likeness (QED) is 0.520. The van der Waals surface area contributed by atoms with Gasteiger partial charge in [0.25, 0.3) is 10.0 Å². The van der Waals surface area contributed by atoms with Gasteiger partial charge < -0.3 is 19.5 Å². The van der Waals surface area contributed by atoms with Crippen LogP contribution in [0.15, 0.2) is 29.2 Å². The lowest BCUT2D eigenvalue weighted by atomic mass is 10.1. The average molecular weight is 414 g/mol. The normalized spacial score (nSPS) is 19.1. The maximum atomic E-state index is 13.0. The topological polar surface area (TPSA) is 128 Å². The van der Waals surface area contributed by atoms with Crippen LogP contribution in [0.3, 0.4) is 0 Å². The summed E-state index contributed by atoms with van der Waals surface area (Å²) >= 11 is 0. The SMILES string of the molecule is COC(=O)C[C@@H]1[C@@H](CCNC(=O)OC)OC(=O)N1S(=O)(=O)c1ccc(C)cc1. The van der Waals surface area contributed by atoms with Gasteiger partial charge in [-0.2, -0.15) is 4.31 Å². The first kappa shape index (κ1) is 21.5. The number of methoxy groups -OCH3 is 2. The van der Waals surface area contributed by atoms with Gasteiger partial charge in [0.1, 0.15) is 6.10 Å². The fourth-order valence-corrected chi connectivity index (χ4v) is 4.27. The molecule has 28 heavy (non-hydrogen) atoms. The van der Waals surface area contributed by atoms with Gasteiger partial charge in [-0.25, -0.2) is 18.0 Å². The van der Waals surface area contributed by atoms with Crippen LogP contribution in [0.2, 0.25) is 0 Å². The third kappa shape index (κ3) is 4.71. The zero-order chi connectivity index (χ0) is 20.9. The van der Waals surface area contributed by atoms with Crippen molar-refractivity contribution in [3.05, 3.63) is 29.8 Å². The van der Waals surface area contributed by atoms with Crippen molar-refractivity contribution in [2.24, 2.45) is 0 Å². The van der Waals surface area contributed by atoms with E-state index in [2.05, 4.69) is 14.8 Å². The molecule has 0 spiro atoms. The molecule has 1 aliphatic rings. The number of aryl methyl sites for hydroxylation is 1. The molecule has 2 atom stereocenters. The molecule has 1 fully saturated rings. The molecular weight excluding hydrogens is 392 g/mol. The van der Waals surface area contributed by atoms with Crippen molar-refractivity contribution in [3.63, 3.8) is 0 Å². The molecule has 0 aliphatic carbocycles. The van der Waals surface area contributed by atoms with E-state index in [-0.39, 0.29) is 24.3 Å². The van der Waals surface area contributed by atoms with Gasteiger partial charge >= 0.3 is 18.2 Å². The molecule has 1 heterocycles. The number of hydrogen-bond acceptors (Lipinski definition) is 8. The summed E-state index contributed by atoms with van der Waals surface area (Å²) in [6.45, 7) is 1.85. The van der Waals surface area contributed by atoms with Crippen molar-refractivity contribution in [2.75, 3.05) is 20.8 Å². The number of rotatable bonds is 7. The van der Waals surface area contributed by atoms with E-state index < -0.39 is 40.3 Å². The number of hydrogen-bond donors (Lipinski definition) is 1. The van der Waals surface area contributed by atoms with Gasteiger partial charge in [0.15, 0.2) is 0 Å². The van der Waals surface area contributed by atoms with Crippen molar-refractivity contribution >= 4 is 28.2 Å². The first-order chi connectivity index (χ1) is 13.2. The van der Waals surface area contributed by atoms with Gasteiger partial charge in [-0.3, -0.25) is 4.79 Å². The van der Waals surface area contributed by atoms with E-state index in [1.54, 1.807) is 19.1 Å². The Kier molecular flexibility index (Phi) is 6.84. The summed E-state index contributed by atoms with van der Waals surface area (Å²) in [6.07, 6.45) is -3.00. The minimum absolute atomic E-state index is 0.0563. The van der Waals surface area contributed by atoms with E-state index in [0.717, 1.165) is 12.7 Å². The summed E-state index contributed by atoms with van der Waals surface area (Å²) < 4.78 is 40.8. The van der Waals surface area contributed by atoms with Crippen molar-refractivity contribution in [1.82, 2.24) is 9.62 Å². The molecule has 154 valence electrons. The van der Waals surface area contributed by atoms with E-state index in [4.69, 9.17) is 4.74 Å². The van der Waals surface area contributed by atoms with Crippen molar-refractivity contribution in [3.8, 4) is 0 Å². The standard InChI is InChI=1S/C17H22N2O8S/c1-11-4-6-12(7-5-11)28(23,24)19-13(10-15(20)25-2)14(27-17(19)22)8-9-18-16(21)26-3/h4-7,13-14H,8-10H2,1-3H3,(H,18,21)/t13-,14-/m1/s1.